The number of carbonyl (C=O) groups excluding carboxylic acids is 2. The molecule has 3 rings (SSSR count). The molecule has 0 saturated heterocycles. The monoisotopic (exact) mass is 375 g/mol. The number of amides is 2. The average Bonchev–Trinajstić information content (AvgIpc) is 2.95. The van der Waals surface area contributed by atoms with Crippen molar-refractivity contribution in [2.24, 2.45) is 0 Å². The molecule has 0 aliphatic rings. The van der Waals surface area contributed by atoms with Gasteiger partial charge in [0.15, 0.2) is 5.13 Å². The van der Waals surface area contributed by atoms with Gasteiger partial charge in [0.2, 0.25) is 5.91 Å². The Balaban J connectivity index is 1.52. The molecule has 0 aliphatic carbocycles. The van der Waals surface area contributed by atoms with E-state index in [2.05, 4.69) is 15.6 Å². The lowest BCUT2D eigenvalue weighted by atomic mass is 10.2. The van der Waals surface area contributed by atoms with Crippen LogP contribution in [0.3, 0.4) is 0 Å². The minimum atomic E-state index is -0.947. The highest BCUT2D eigenvalue weighted by Gasteiger charge is 2.13. The van der Waals surface area contributed by atoms with E-state index < -0.39 is 17.5 Å². The largest absolute Gasteiger partial charge is 0.351 e. The lowest BCUT2D eigenvalue weighted by molar-refractivity contribution is -0.116. The fraction of sp³-hybridized carbons (Fsp3) is 0.167. The molecule has 0 aliphatic heterocycles. The number of hydrogen-bond donors (Lipinski definition) is 2. The molecule has 2 N–H and O–H groups in total. The first-order chi connectivity index (χ1) is 12.4. The van der Waals surface area contributed by atoms with Crippen LogP contribution in [0.15, 0.2) is 36.4 Å². The third-order valence-corrected chi connectivity index (χ3v) is 4.54. The zero-order valence-corrected chi connectivity index (χ0v) is 14.6. The van der Waals surface area contributed by atoms with Gasteiger partial charge in [-0.15, -0.1) is 0 Å². The molecule has 1 aromatic heterocycles. The second-order valence-electron chi connectivity index (χ2n) is 5.67. The molecular formula is C18H15F2N3O2S. The van der Waals surface area contributed by atoms with Gasteiger partial charge in [-0.2, -0.15) is 0 Å². The average molecular weight is 375 g/mol. The molecule has 26 heavy (non-hydrogen) atoms. The first kappa shape index (κ1) is 17.9. The molecule has 8 heteroatoms. The third-order valence-electron chi connectivity index (χ3n) is 3.60. The summed E-state index contributed by atoms with van der Waals surface area (Å²) in [4.78, 5) is 28.1. The van der Waals surface area contributed by atoms with E-state index in [4.69, 9.17) is 0 Å². The highest BCUT2D eigenvalue weighted by atomic mass is 32.1. The Morgan fingerprint density at radius 1 is 1.15 bits per heavy atom. The molecule has 5 nitrogen and oxygen atoms in total. The fourth-order valence-corrected chi connectivity index (χ4v) is 3.31. The van der Waals surface area contributed by atoms with Gasteiger partial charge in [-0.1, -0.05) is 17.4 Å². The Kier molecular flexibility index (Phi) is 5.22. The van der Waals surface area contributed by atoms with Crippen molar-refractivity contribution in [2.45, 2.75) is 13.3 Å². The maximum atomic E-state index is 13.5. The minimum Gasteiger partial charge on any atom is -0.351 e. The Hall–Kier alpha value is -2.87. The van der Waals surface area contributed by atoms with Crippen LogP contribution < -0.4 is 10.6 Å². The zero-order chi connectivity index (χ0) is 18.7. The maximum absolute atomic E-state index is 13.5. The number of halogens is 2. The van der Waals surface area contributed by atoms with Gasteiger partial charge in [-0.25, -0.2) is 13.8 Å². The van der Waals surface area contributed by atoms with Crippen molar-refractivity contribution in [3.8, 4) is 0 Å². The number of hydrogen-bond acceptors (Lipinski definition) is 4. The Labute approximate surface area is 152 Å². The third kappa shape index (κ3) is 4.20. The Morgan fingerprint density at radius 2 is 1.96 bits per heavy atom. The Bertz CT molecular complexity index is 988. The molecule has 0 bridgehead atoms. The van der Waals surface area contributed by atoms with Crippen LogP contribution in [0.2, 0.25) is 0 Å². The summed E-state index contributed by atoms with van der Waals surface area (Å²) >= 11 is 1.36. The highest BCUT2D eigenvalue weighted by Crippen LogP contribution is 2.26. The predicted molar refractivity (Wildman–Crippen MR) is 96.3 cm³/mol. The molecule has 2 amide bonds. The summed E-state index contributed by atoms with van der Waals surface area (Å²) in [5, 5.41) is 5.59. The smallest absolute Gasteiger partial charge is 0.254 e. The number of carbonyl (C=O) groups is 2. The van der Waals surface area contributed by atoms with Crippen molar-refractivity contribution < 1.29 is 18.4 Å². The van der Waals surface area contributed by atoms with E-state index in [1.807, 2.05) is 25.1 Å². The quantitative estimate of drug-likeness (QED) is 0.715. The van der Waals surface area contributed by atoms with Gasteiger partial charge in [-0.05, 0) is 36.8 Å². The molecule has 0 fully saturated rings. The second-order valence-corrected chi connectivity index (χ2v) is 6.70. The SMILES string of the molecule is Cc1ccc2nc(NC(=O)CCNC(=O)c3ccc(F)cc3F)sc2c1. The summed E-state index contributed by atoms with van der Waals surface area (Å²) in [6.45, 7) is 2.00. The van der Waals surface area contributed by atoms with E-state index in [9.17, 15) is 18.4 Å². The van der Waals surface area contributed by atoms with E-state index in [0.29, 0.717) is 11.2 Å². The molecule has 0 atom stereocenters. The van der Waals surface area contributed by atoms with Crippen LogP contribution in [0.1, 0.15) is 22.3 Å². The molecule has 1 heterocycles. The van der Waals surface area contributed by atoms with Crippen molar-refractivity contribution in [1.82, 2.24) is 10.3 Å². The maximum Gasteiger partial charge on any atom is 0.254 e. The number of fused-ring (bicyclic) bond motifs is 1. The fourth-order valence-electron chi connectivity index (χ4n) is 2.33. The normalized spacial score (nSPS) is 10.7. The molecule has 134 valence electrons. The number of aromatic nitrogens is 1. The van der Waals surface area contributed by atoms with Gasteiger partial charge < -0.3 is 10.6 Å². The van der Waals surface area contributed by atoms with Crippen molar-refractivity contribution in [3.05, 3.63) is 59.2 Å². The summed E-state index contributed by atoms with van der Waals surface area (Å²) in [6, 6.07) is 8.51. The first-order valence-corrected chi connectivity index (χ1v) is 8.64. The molecule has 2 aromatic carbocycles. The highest BCUT2D eigenvalue weighted by molar-refractivity contribution is 7.22. The van der Waals surface area contributed by atoms with Gasteiger partial charge in [0.25, 0.3) is 5.91 Å². The van der Waals surface area contributed by atoms with Gasteiger partial charge in [0.1, 0.15) is 11.6 Å². The Morgan fingerprint density at radius 3 is 2.73 bits per heavy atom. The summed E-state index contributed by atoms with van der Waals surface area (Å²) in [5.41, 5.74) is 1.64. The molecule has 3 aromatic rings. The number of aryl methyl sites for hydroxylation is 1. The van der Waals surface area contributed by atoms with Gasteiger partial charge in [-0.3, -0.25) is 9.59 Å². The van der Waals surface area contributed by atoms with E-state index in [1.165, 1.54) is 11.3 Å². The molecular weight excluding hydrogens is 360 g/mol. The topological polar surface area (TPSA) is 71.1 Å². The molecule has 0 unspecified atom stereocenters. The summed E-state index contributed by atoms with van der Waals surface area (Å²) in [7, 11) is 0. The van der Waals surface area contributed by atoms with Crippen molar-refractivity contribution in [2.75, 3.05) is 11.9 Å². The van der Waals surface area contributed by atoms with Crippen LogP contribution in [-0.4, -0.2) is 23.3 Å². The van der Waals surface area contributed by atoms with E-state index in [-0.39, 0.29) is 24.4 Å². The van der Waals surface area contributed by atoms with Crippen LogP contribution in [0.5, 0.6) is 0 Å². The van der Waals surface area contributed by atoms with Crippen molar-refractivity contribution >= 4 is 38.5 Å². The van der Waals surface area contributed by atoms with Gasteiger partial charge in [0.05, 0.1) is 15.8 Å². The van der Waals surface area contributed by atoms with Gasteiger partial charge >= 0.3 is 0 Å². The number of anilines is 1. The summed E-state index contributed by atoms with van der Waals surface area (Å²) < 4.78 is 27.3. The summed E-state index contributed by atoms with van der Waals surface area (Å²) in [5.74, 6) is -2.73. The molecule has 0 spiro atoms. The van der Waals surface area contributed by atoms with E-state index in [0.717, 1.165) is 27.9 Å². The number of nitrogens with one attached hydrogen (secondary N) is 2. The number of thiazole rings is 1. The van der Waals surface area contributed by atoms with Crippen LogP contribution in [0, 0.1) is 18.6 Å². The lowest BCUT2D eigenvalue weighted by Crippen LogP contribution is -2.28. The van der Waals surface area contributed by atoms with E-state index in [1.54, 1.807) is 0 Å². The second kappa shape index (κ2) is 7.57. The van der Waals surface area contributed by atoms with Crippen LogP contribution in [0.4, 0.5) is 13.9 Å². The minimum absolute atomic E-state index is 0.00348. The number of nitrogens with zero attached hydrogens (tertiary/aromatic N) is 1. The van der Waals surface area contributed by atoms with Crippen molar-refractivity contribution in [1.29, 1.82) is 0 Å². The van der Waals surface area contributed by atoms with Gasteiger partial charge in [0, 0.05) is 19.0 Å². The van der Waals surface area contributed by atoms with E-state index >= 15 is 0 Å². The standard InChI is InChI=1S/C18H15F2N3O2S/c1-10-2-5-14-15(8-10)26-18(22-14)23-16(24)6-7-21-17(25)12-4-3-11(19)9-13(12)20/h2-5,8-9H,6-7H2,1H3,(H,21,25)(H,22,23,24). The van der Waals surface area contributed by atoms with Crippen LogP contribution in [-0.2, 0) is 4.79 Å². The van der Waals surface area contributed by atoms with Crippen LogP contribution in [0.25, 0.3) is 10.2 Å². The van der Waals surface area contributed by atoms with Crippen molar-refractivity contribution in [3.63, 3.8) is 0 Å². The molecule has 0 radical (unpaired) electrons. The summed E-state index contributed by atoms with van der Waals surface area (Å²) in [6.07, 6.45) is 0.00348. The number of rotatable bonds is 5. The zero-order valence-electron chi connectivity index (χ0n) is 13.8. The predicted octanol–water partition coefficient (Wildman–Crippen LogP) is 3.64. The number of benzene rings is 2. The van der Waals surface area contributed by atoms with Crippen LogP contribution >= 0.6 is 11.3 Å². The lowest BCUT2D eigenvalue weighted by Gasteiger charge is -2.06. The first-order valence-electron chi connectivity index (χ1n) is 7.82. The molecule has 0 saturated carbocycles.